The van der Waals surface area contributed by atoms with Crippen molar-refractivity contribution in [2.45, 2.75) is 0 Å². The van der Waals surface area contributed by atoms with Crippen molar-refractivity contribution in [2.75, 3.05) is 0 Å². The summed E-state index contributed by atoms with van der Waals surface area (Å²) in [7, 11) is 0. The molecular formula is C45H29N3O. The molecule has 4 heteroatoms. The number of hydrogen-bond donors (Lipinski definition) is 0. The average molecular weight is 634 g/mol. The van der Waals surface area contributed by atoms with Crippen LogP contribution in [0.3, 0.4) is 0 Å². The van der Waals surface area contributed by atoms with Crippen molar-refractivity contribution < 1.29 is 12.6 Å². The summed E-state index contributed by atoms with van der Waals surface area (Å²) in [6.45, 7) is 0. The maximum absolute atomic E-state index is 9.37. The van der Waals surface area contributed by atoms with E-state index in [1.165, 1.54) is 0 Å². The van der Waals surface area contributed by atoms with E-state index in [0.29, 0.717) is 28.3 Å². The van der Waals surface area contributed by atoms with Crippen LogP contribution in [0.15, 0.2) is 180 Å². The topological polar surface area (TPSA) is 51.8 Å². The highest BCUT2D eigenvalue weighted by atomic mass is 16.3. The Kier molecular flexibility index (Phi) is 5.67. The predicted molar refractivity (Wildman–Crippen MR) is 200 cm³/mol. The van der Waals surface area contributed by atoms with Crippen LogP contribution in [-0.2, 0) is 0 Å². The number of furan rings is 1. The zero-order valence-electron chi connectivity index (χ0n) is 32.0. The van der Waals surface area contributed by atoms with E-state index in [2.05, 4.69) is 0 Å². The van der Waals surface area contributed by atoms with Gasteiger partial charge in [0.1, 0.15) is 11.2 Å². The molecule has 0 aliphatic heterocycles. The van der Waals surface area contributed by atoms with E-state index >= 15 is 0 Å². The summed E-state index contributed by atoms with van der Waals surface area (Å²) in [5, 5.41) is 0.167. The van der Waals surface area contributed by atoms with Crippen molar-refractivity contribution in [1.82, 2.24) is 15.0 Å². The Morgan fingerprint density at radius 2 is 0.735 bits per heavy atom. The van der Waals surface area contributed by atoms with Crippen molar-refractivity contribution >= 4 is 21.9 Å². The van der Waals surface area contributed by atoms with Gasteiger partial charge in [0.05, 0.1) is 8.22 Å². The minimum atomic E-state index is -0.328. The zero-order chi connectivity index (χ0) is 37.8. The maximum atomic E-state index is 9.37. The second-order valence-electron chi connectivity index (χ2n) is 11.6. The van der Waals surface area contributed by atoms with Gasteiger partial charge in [0.25, 0.3) is 0 Å². The van der Waals surface area contributed by atoms with Crippen LogP contribution in [-0.4, -0.2) is 15.0 Å². The molecule has 0 unspecified atom stereocenters. The molecule has 0 N–H and O–H groups in total. The van der Waals surface area contributed by atoms with Gasteiger partial charge in [0.15, 0.2) is 17.5 Å². The van der Waals surface area contributed by atoms with Gasteiger partial charge in [-0.25, -0.2) is 15.0 Å². The van der Waals surface area contributed by atoms with Crippen LogP contribution in [0.2, 0.25) is 0 Å². The van der Waals surface area contributed by atoms with Crippen molar-refractivity contribution in [3.8, 4) is 67.5 Å². The summed E-state index contributed by atoms with van der Waals surface area (Å²) in [6.07, 6.45) is 0. The second-order valence-corrected chi connectivity index (χ2v) is 11.6. The first-order valence-corrected chi connectivity index (χ1v) is 15.9. The normalized spacial score (nSPS) is 13.0. The summed E-state index contributed by atoms with van der Waals surface area (Å²) >= 11 is 0. The van der Waals surface area contributed by atoms with Gasteiger partial charge in [-0.2, -0.15) is 0 Å². The highest BCUT2D eigenvalue weighted by molar-refractivity contribution is 6.07. The van der Waals surface area contributed by atoms with E-state index < -0.39 is 0 Å². The number of rotatable bonds is 6. The minimum absolute atomic E-state index is 0.0133. The predicted octanol–water partition coefficient (Wildman–Crippen LogP) is 11.8. The van der Waals surface area contributed by atoms with E-state index in [1.54, 1.807) is 0 Å². The lowest BCUT2D eigenvalue weighted by atomic mass is 9.99. The van der Waals surface area contributed by atoms with Crippen LogP contribution in [0.1, 0.15) is 8.22 Å². The average Bonchev–Trinajstić information content (AvgIpc) is 3.65. The third kappa shape index (κ3) is 5.56. The number of hydrogen-bond acceptors (Lipinski definition) is 4. The largest absolute Gasteiger partial charge is 0.456 e. The zero-order valence-corrected chi connectivity index (χ0v) is 26.0. The van der Waals surface area contributed by atoms with Crippen LogP contribution in [0.4, 0.5) is 0 Å². The Morgan fingerprint density at radius 1 is 0.327 bits per heavy atom. The Hall–Kier alpha value is -6.65. The fourth-order valence-corrected chi connectivity index (χ4v) is 5.88. The lowest BCUT2D eigenvalue weighted by Gasteiger charge is -2.09. The number of fused-ring (bicyclic) bond motifs is 3. The van der Waals surface area contributed by atoms with E-state index in [4.69, 9.17) is 22.1 Å². The van der Waals surface area contributed by atoms with Crippen LogP contribution < -0.4 is 0 Å². The molecule has 0 aliphatic carbocycles. The third-order valence-corrected chi connectivity index (χ3v) is 8.43. The molecule has 0 spiro atoms. The van der Waals surface area contributed by atoms with Crippen LogP contribution in [0.5, 0.6) is 0 Å². The van der Waals surface area contributed by atoms with Gasteiger partial charge in [-0.15, -0.1) is 0 Å². The quantitative estimate of drug-likeness (QED) is 0.183. The van der Waals surface area contributed by atoms with E-state index in [0.717, 1.165) is 22.3 Å². The first-order valence-electron chi connectivity index (χ1n) is 18.9. The number of benzene rings is 7. The molecule has 7 aromatic carbocycles. The maximum Gasteiger partial charge on any atom is 0.164 e. The smallest absolute Gasteiger partial charge is 0.164 e. The summed E-state index contributed by atoms with van der Waals surface area (Å²) in [5.41, 5.74) is 6.00. The Labute approximate surface area is 292 Å². The molecule has 0 fully saturated rings. The summed E-state index contributed by atoms with van der Waals surface area (Å²) < 4.78 is 61.2. The van der Waals surface area contributed by atoms with Gasteiger partial charge >= 0.3 is 0 Å². The lowest BCUT2D eigenvalue weighted by molar-refractivity contribution is 0.669. The van der Waals surface area contributed by atoms with Gasteiger partial charge in [-0.1, -0.05) is 152 Å². The van der Waals surface area contributed by atoms with Gasteiger partial charge in [0.2, 0.25) is 0 Å². The third-order valence-electron chi connectivity index (χ3n) is 8.43. The number of aromatic nitrogens is 3. The molecule has 9 aromatic rings. The van der Waals surface area contributed by atoms with Crippen LogP contribution >= 0.6 is 0 Å². The van der Waals surface area contributed by atoms with Gasteiger partial charge in [-0.3, -0.25) is 0 Å². The van der Waals surface area contributed by atoms with Gasteiger partial charge in [0, 0.05) is 27.5 Å². The molecule has 0 aliphatic rings. The van der Waals surface area contributed by atoms with Crippen molar-refractivity contribution in [3.63, 3.8) is 0 Å². The van der Waals surface area contributed by atoms with E-state index in [1.807, 2.05) is 140 Å². The molecule has 0 saturated heterocycles. The van der Waals surface area contributed by atoms with Crippen molar-refractivity contribution in [3.05, 3.63) is 176 Å². The van der Waals surface area contributed by atoms with Gasteiger partial charge < -0.3 is 4.42 Å². The first-order chi connectivity index (χ1) is 26.8. The van der Waals surface area contributed by atoms with Gasteiger partial charge in [-0.05, 0) is 57.6 Å². The van der Waals surface area contributed by atoms with Crippen LogP contribution in [0, 0.1) is 0 Å². The summed E-state index contributed by atoms with van der Waals surface area (Å²) in [5.74, 6) is 0.660. The molecule has 230 valence electrons. The van der Waals surface area contributed by atoms with Crippen molar-refractivity contribution in [2.24, 2.45) is 0 Å². The molecule has 49 heavy (non-hydrogen) atoms. The van der Waals surface area contributed by atoms with Crippen molar-refractivity contribution in [1.29, 1.82) is 0 Å². The van der Waals surface area contributed by atoms with Crippen LogP contribution in [0.25, 0.3) is 89.5 Å². The molecule has 0 atom stereocenters. The molecule has 4 nitrogen and oxygen atoms in total. The highest BCUT2D eigenvalue weighted by Gasteiger charge is 2.15. The fourth-order valence-electron chi connectivity index (χ4n) is 5.88. The highest BCUT2D eigenvalue weighted by Crippen LogP contribution is 2.35. The monoisotopic (exact) mass is 633 g/mol. The molecule has 0 bridgehead atoms. The Morgan fingerprint density at radius 3 is 1.29 bits per heavy atom. The molecule has 0 amide bonds. The standard InChI is InChI=1S/C45H29N3O/c1-4-10-30(11-5-1)32-16-18-34(19-17-32)37-25-27-41-40(28-37)39-26-24-38(29-42(39)49-41)45-47-43(35-14-8-3-9-15-35)46-44(48-45)36-22-20-33(21-23-36)31-12-6-2-7-13-31/h1-29H/i24D,25D,26D,27D,28D,29D. The Balaban J connectivity index is 1.22. The van der Waals surface area contributed by atoms with E-state index in [-0.39, 0.29) is 75.1 Å². The summed E-state index contributed by atoms with van der Waals surface area (Å²) in [4.78, 5) is 14.3. The van der Waals surface area contributed by atoms with E-state index in [9.17, 15) is 5.48 Å². The second kappa shape index (κ2) is 12.2. The molecule has 9 rings (SSSR count). The molecule has 0 radical (unpaired) electrons. The minimum Gasteiger partial charge on any atom is -0.456 e. The summed E-state index contributed by atoms with van der Waals surface area (Å²) in [6, 6.07) is 42.9. The Bertz CT molecular complexity index is 2900. The molecular weight excluding hydrogens is 599 g/mol. The molecule has 0 saturated carbocycles. The SMILES string of the molecule is [2H]c1c(-c2ccc(-c3ccccc3)cc2)c([2H])c2c(oc3c([2H])c(-c4nc(-c5ccccc5)nc(-c5ccc(-c6ccccc6)cc5)n4)c([2H])c([2H])c32)c1[2H]. The molecule has 2 heterocycles. The first kappa shape index (κ1) is 22.8. The number of nitrogens with zero attached hydrogens (tertiary/aromatic N) is 3. The lowest BCUT2D eigenvalue weighted by Crippen LogP contribution is -2.00. The molecule has 2 aromatic heterocycles. The fraction of sp³-hybridized carbons (Fsp3) is 0.